The molecule has 5 nitrogen and oxygen atoms in total. The number of nitrogens with one attached hydrogen (secondary N) is 1. The first-order valence-corrected chi connectivity index (χ1v) is 8.13. The number of nitrogens with zero attached hydrogens (tertiary/aromatic N) is 2. The number of anilines is 1. The van der Waals surface area contributed by atoms with Crippen molar-refractivity contribution in [1.82, 2.24) is 10.2 Å². The number of thiophene rings is 1. The summed E-state index contributed by atoms with van der Waals surface area (Å²) >= 11 is 1.46. The second kappa shape index (κ2) is 7.06. The zero-order valence-corrected chi connectivity index (χ0v) is 13.5. The van der Waals surface area contributed by atoms with E-state index >= 15 is 0 Å². The third kappa shape index (κ3) is 4.44. The lowest BCUT2D eigenvalue weighted by Gasteiger charge is -2.08. The van der Waals surface area contributed by atoms with Crippen LogP contribution in [0.2, 0.25) is 0 Å². The molecular weight excluding hydrogens is 355 g/mol. The summed E-state index contributed by atoms with van der Waals surface area (Å²) in [6.45, 7) is 0. The van der Waals surface area contributed by atoms with Crippen molar-refractivity contribution in [2.75, 3.05) is 5.32 Å². The van der Waals surface area contributed by atoms with Crippen LogP contribution >= 0.6 is 11.3 Å². The van der Waals surface area contributed by atoms with Gasteiger partial charge >= 0.3 is 6.18 Å². The second-order valence-corrected chi connectivity index (χ2v) is 6.05. The van der Waals surface area contributed by atoms with Crippen molar-refractivity contribution in [1.29, 1.82) is 0 Å². The van der Waals surface area contributed by atoms with Crippen LogP contribution in [0.5, 0.6) is 0 Å². The smallest absolute Gasteiger partial charge is 0.416 e. The molecule has 0 atom stereocenters. The highest BCUT2D eigenvalue weighted by Crippen LogP contribution is 2.29. The van der Waals surface area contributed by atoms with E-state index in [4.69, 9.17) is 4.42 Å². The molecule has 0 saturated heterocycles. The number of benzene rings is 1. The summed E-state index contributed by atoms with van der Waals surface area (Å²) in [6, 6.07) is 7.97. The van der Waals surface area contributed by atoms with Gasteiger partial charge in [0.1, 0.15) is 0 Å². The fraction of sp³-hybridized carbons (Fsp3) is 0.188. The van der Waals surface area contributed by atoms with Crippen LogP contribution in [0.4, 0.5) is 18.9 Å². The molecule has 3 rings (SSSR count). The van der Waals surface area contributed by atoms with Gasteiger partial charge in [-0.25, -0.2) is 0 Å². The first kappa shape index (κ1) is 17.2. The van der Waals surface area contributed by atoms with Gasteiger partial charge in [0.2, 0.25) is 11.8 Å². The van der Waals surface area contributed by atoms with Crippen LogP contribution in [-0.4, -0.2) is 16.1 Å². The Bertz CT molecular complexity index is 842. The Hall–Kier alpha value is -2.68. The number of amides is 1. The summed E-state index contributed by atoms with van der Waals surface area (Å²) < 4.78 is 42.9. The lowest BCUT2D eigenvalue weighted by molar-refractivity contribution is -0.137. The molecule has 25 heavy (non-hydrogen) atoms. The zero-order valence-electron chi connectivity index (χ0n) is 12.7. The van der Waals surface area contributed by atoms with E-state index in [0.29, 0.717) is 17.5 Å². The number of aromatic nitrogens is 2. The molecule has 0 unspecified atom stereocenters. The van der Waals surface area contributed by atoms with E-state index in [-0.39, 0.29) is 18.7 Å². The van der Waals surface area contributed by atoms with Gasteiger partial charge in [0, 0.05) is 18.5 Å². The van der Waals surface area contributed by atoms with Crippen LogP contribution < -0.4 is 5.32 Å². The molecular formula is C16H12F3N3O2S. The highest BCUT2D eigenvalue weighted by atomic mass is 32.1. The van der Waals surface area contributed by atoms with E-state index in [9.17, 15) is 18.0 Å². The van der Waals surface area contributed by atoms with Gasteiger partial charge in [-0.3, -0.25) is 4.79 Å². The van der Waals surface area contributed by atoms with E-state index in [1.54, 1.807) is 0 Å². The summed E-state index contributed by atoms with van der Waals surface area (Å²) in [5, 5.41) is 12.2. The maximum absolute atomic E-state index is 12.5. The minimum Gasteiger partial charge on any atom is -0.420 e. The fourth-order valence-corrected chi connectivity index (χ4v) is 2.69. The Morgan fingerprint density at radius 2 is 1.92 bits per heavy atom. The predicted octanol–water partition coefficient (Wildman–Crippen LogP) is 4.39. The SMILES string of the molecule is O=C(CCc1nnc(-c2cccs2)o1)Nc1ccc(C(F)(F)F)cc1. The average molecular weight is 367 g/mol. The van der Waals surface area contributed by atoms with Crippen LogP contribution in [0, 0.1) is 0 Å². The molecule has 1 amide bonds. The molecule has 2 aromatic heterocycles. The highest BCUT2D eigenvalue weighted by Gasteiger charge is 2.29. The van der Waals surface area contributed by atoms with Crippen LogP contribution in [0.1, 0.15) is 17.9 Å². The average Bonchev–Trinajstić information content (AvgIpc) is 3.24. The molecule has 0 spiro atoms. The highest BCUT2D eigenvalue weighted by molar-refractivity contribution is 7.13. The molecule has 0 aliphatic heterocycles. The van der Waals surface area contributed by atoms with Crippen molar-refractivity contribution in [2.24, 2.45) is 0 Å². The number of halogens is 3. The number of aryl methyl sites for hydroxylation is 1. The second-order valence-electron chi connectivity index (χ2n) is 5.10. The monoisotopic (exact) mass is 367 g/mol. The van der Waals surface area contributed by atoms with Crippen molar-refractivity contribution in [3.63, 3.8) is 0 Å². The van der Waals surface area contributed by atoms with Crippen molar-refractivity contribution in [3.8, 4) is 10.8 Å². The van der Waals surface area contributed by atoms with Crippen LogP contribution in [0.15, 0.2) is 46.2 Å². The normalized spacial score (nSPS) is 11.5. The number of carbonyl (C=O) groups excluding carboxylic acids is 1. The molecule has 0 saturated carbocycles. The Morgan fingerprint density at radius 1 is 1.16 bits per heavy atom. The molecule has 2 heterocycles. The standard InChI is InChI=1S/C16H12F3N3O2S/c17-16(18,19)10-3-5-11(6-4-10)20-13(23)7-8-14-21-22-15(24-14)12-2-1-9-25-12/h1-6,9H,7-8H2,(H,20,23). The Labute approximate surface area is 144 Å². The molecule has 0 aliphatic rings. The molecule has 130 valence electrons. The van der Waals surface area contributed by atoms with Gasteiger partial charge < -0.3 is 9.73 Å². The topological polar surface area (TPSA) is 68.0 Å². The van der Waals surface area contributed by atoms with Gasteiger partial charge in [0.25, 0.3) is 5.89 Å². The first-order valence-electron chi connectivity index (χ1n) is 7.25. The van der Waals surface area contributed by atoms with E-state index in [1.165, 1.54) is 23.5 Å². The number of rotatable bonds is 5. The summed E-state index contributed by atoms with van der Waals surface area (Å²) in [5.74, 6) is 0.370. The Balaban J connectivity index is 1.53. The quantitative estimate of drug-likeness (QED) is 0.726. The lowest BCUT2D eigenvalue weighted by atomic mass is 10.2. The van der Waals surface area contributed by atoms with Crippen LogP contribution in [0.25, 0.3) is 10.8 Å². The van der Waals surface area contributed by atoms with Gasteiger partial charge in [-0.1, -0.05) is 6.07 Å². The maximum Gasteiger partial charge on any atom is 0.416 e. The molecule has 9 heteroatoms. The fourth-order valence-electron chi connectivity index (χ4n) is 2.04. The molecule has 1 aromatic carbocycles. The van der Waals surface area contributed by atoms with Crippen LogP contribution in [-0.2, 0) is 17.4 Å². The van der Waals surface area contributed by atoms with Gasteiger partial charge in [0.05, 0.1) is 10.4 Å². The van der Waals surface area contributed by atoms with E-state index < -0.39 is 11.7 Å². The summed E-state index contributed by atoms with van der Waals surface area (Å²) in [6.07, 6.45) is -4.08. The van der Waals surface area contributed by atoms with E-state index in [2.05, 4.69) is 15.5 Å². The van der Waals surface area contributed by atoms with Gasteiger partial charge in [-0.05, 0) is 35.7 Å². The van der Waals surface area contributed by atoms with Gasteiger partial charge in [0.15, 0.2) is 0 Å². The molecule has 0 fully saturated rings. The van der Waals surface area contributed by atoms with Crippen molar-refractivity contribution in [3.05, 3.63) is 53.2 Å². The van der Waals surface area contributed by atoms with Crippen LogP contribution in [0.3, 0.4) is 0 Å². The largest absolute Gasteiger partial charge is 0.420 e. The molecule has 0 radical (unpaired) electrons. The number of alkyl halides is 3. The Morgan fingerprint density at radius 3 is 2.56 bits per heavy atom. The summed E-state index contributed by atoms with van der Waals surface area (Å²) in [4.78, 5) is 12.7. The van der Waals surface area contributed by atoms with Crippen molar-refractivity contribution >= 4 is 22.9 Å². The number of carbonyl (C=O) groups is 1. The number of hydrogen-bond donors (Lipinski definition) is 1. The van der Waals surface area contributed by atoms with Crippen molar-refractivity contribution in [2.45, 2.75) is 19.0 Å². The molecule has 1 N–H and O–H groups in total. The van der Waals surface area contributed by atoms with Crippen molar-refractivity contribution < 1.29 is 22.4 Å². The minimum absolute atomic E-state index is 0.0765. The molecule has 0 aliphatic carbocycles. The van der Waals surface area contributed by atoms with E-state index in [1.807, 2.05) is 17.5 Å². The number of hydrogen-bond acceptors (Lipinski definition) is 5. The third-order valence-corrected chi connectivity index (χ3v) is 4.12. The summed E-state index contributed by atoms with van der Waals surface area (Å²) in [5.41, 5.74) is -0.472. The Kier molecular flexibility index (Phi) is 4.84. The maximum atomic E-state index is 12.5. The zero-order chi connectivity index (χ0) is 17.9. The summed E-state index contributed by atoms with van der Waals surface area (Å²) in [7, 11) is 0. The van der Waals surface area contributed by atoms with E-state index in [0.717, 1.165) is 17.0 Å². The minimum atomic E-state index is -4.40. The third-order valence-electron chi connectivity index (χ3n) is 3.26. The van der Waals surface area contributed by atoms with Gasteiger partial charge in [-0.2, -0.15) is 13.2 Å². The van der Waals surface area contributed by atoms with Gasteiger partial charge in [-0.15, -0.1) is 21.5 Å². The first-order chi connectivity index (χ1) is 11.9. The molecule has 3 aromatic rings. The molecule has 0 bridgehead atoms. The lowest BCUT2D eigenvalue weighted by Crippen LogP contribution is -2.13. The predicted molar refractivity (Wildman–Crippen MR) is 86.0 cm³/mol.